The van der Waals surface area contributed by atoms with E-state index in [1.165, 1.54) is 0 Å². The smallest absolute Gasteiger partial charge is 0.270 e. The van der Waals surface area contributed by atoms with Gasteiger partial charge in [-0.3, -0.25) is 4.79 Å². The maximum atomic E-state index is 11.9. The highest BCUT2D eigenvalue weighted by Crippen LogP contribution is 2.06. The van der Waals surface area contributed by atoms with Crippen molar-refractivity contribution in [1.29, 1.82) is 0 Å². The molecule has 0 bridgehead atoms. The Morgan fingerprint density at radius 1 is 1.42 bits per heavy atom. The molecule has 0 radical (unpaired) electrons. The molecule has 2 N–H and O–H groups in total. The Kier molecular flexibility index (Phi) is 6.89. The Morgan fingerprint density at radius 2 is 2.21 bits per heavy atom. The second-order valence-corrected chi connectivity index (χ2v) is 4.39. The average Bonchev–Trinajstić information content (AvgIpc) is 2.43. The number of nitrogens with zero attached hydrogens (tertiary/aromatic N) is 1. The molecule has 1 atom stereocenters. The summed E-state index contributed by atoms with van der Waals surface area (Å²) in [6, 6.07) is 3.57. The van der Waals surface area contributed by atoms with Crippen molar-refractivity contribution in [3.63, 3.8) is 0 Å². The second-order valence-electron chi connectivity index (χ2n) is 4.39. The number of nitrogens with one attached hydrogen (secondary N) is 2. The van der Waals surface area contributed by atoms with Crippen LogP contribution in [0.3, 0.4) is 0 Å². The zero-order valence-electron chi connectivity index (χ0n) is 11.9. The lowest BCUT2D eigenvalue weighted by Crippen LogP contribution is -2.36. The Bertz CT molecular complexity index is 379. The molecule has 0 aliphatic rings. The first-order valence-corrected chi connectivity index (χ1v) is 6.75. The van der Waals surface area contributed by atoms with Gasteiger partial charge in [-0.05, 0) is 32.4 Å². The highest BCUT2D eigenvalue weighted by molar-refractivity contribution is 5.92. The summed E-state index contributed by atoms with van der Waals surface area (Å²) >= 11 is 0. The molecule has 1 rings (SSSR count). The van der Waals surface area contributed by atoms with Crippen LogP contribution in [0.1, 0.15) is 37.7 Å². The minimum absolute atomic E-state index is 0.0212. The summed E-state index contributed by atoms with van der Waals surface area (Å²) in [5, 5.41) is 6.06. The van der Waals surface area contributed by atoms with Crippen LogP contribution in [0.2, 0.25) is 0 Å². The molecule has 0 spiro atoms. The molecule has 0 fully saturated rings. The van der Waals surface area contributed by atoms with E-state index >= 15 is 0 Å². The number of hydrogen-bond donors (Lipinski definition) is 2. The third-order valence-corrected chi connectivity index (χ3v) is 2.52. The van der Waals surface area contributed by atoms with Crippen LogP contribution >= 0.6 is 0 Å². The lowest BCUT2D eigenvalue weighted by Gasteiger charge is -2.13. The lowest BCUT2D eigenvalue weighted by atomic mass is 10.3. The molecule has 106 valence electrons. The first-order valence-electron chi connectivity index (χ1n) is 6.75. The molecular weight excluding hydrogens is 242 g/mol. The molecular formula is C14H23N3O2. The SMILES string of the molecule is CCCNc1ccc(C(=O)NC(C)COCC)nc1. The zero-order valence-corrected chi connectivity index (χ0v) is 11.9. The third kappa shape index (κ3) is 5.70. The van der Waals surface area contributed by atoms with Crippen molar-refractivity contribution in [3.8, 4) is 0 Å². The number of carbonyl (C=O) groups is 1. The van der Waals surface area contributed by atoms with Gasteiger partial charge in [0.2, 0.25) is 0 Å². The zero-order chi connectivity index (χ0) is 14.1. The molecule has 1 aromatic rings. The number of pyridine rings is 1. The van der Waals surface area contributed by atoms with Gasteiger partial charge in [0.1, 0.15) is 5.69 Å². The van der Waals surface area contributed by atoms with Crippen LogP contribution in [-0.4, -0.2) is 36.7 Å². The number of anilines is 1. The number of aromatic nitrogens is 1. The molecule has 1 unspecified atom stereocenters. The fraction of sp³-hybridized carbons (Fsp3) is 0.571. The van der Waals surface area contributed by atoms with Gasteiger partial charge in [0.25, 0.3) is 5.91 Å². The minimum atomic E-state index is -0.172. The highest BCUT2D eigenvalue weighted by Gasteiger charge is 2.10. The first kappa shape index (κ1) is 15.4. The van der Waals surface area contributed by atoms with Crippen LogP contribution in [0.5, 0.6) is 0 Å². The maximum Gasteiger partial charge on any atom is 0.270 e. The van der Waals surface area contributed by atoms with Crippen molar-refractivity contribution in [1.82, 2.24) is 10.3 Å². The summed E-state index contributed by atoms with van der Waals surface area (Å²) in [4.78, 5) is 16.0. The summed E-state index contributed by atoms with van der Waals surface area (Å²) in [7, 11) is 0. The molecule has 0 saturated heterocycles. The van der Waals surface area contributed by atoms with Crippen molar-refractivity contribution in [3.05, 3.63) is 24.0 Å². The normalized spacial score (nSPS) is 11.9. The number of hydrogen-bond acceptors (Lipinski definition) is 4. The quantitative estimate of drug-likeness (QED) is 0.755. The predicted molar refractivity (Wildman–Crippen MR) is 76.4 cm³/mol. The Morgan fingerprint density at radius 3 is 2.79 bits per heavy atom. The van der Waals surface area contributed by atoms with E-state index in [1.54, 1.807) is 12.3 Å². The monoisotopic (exact) mass is 265 g/mol. The van der Waals surface area contributed by atoms with Gasteiger partial charge in [0.05, 0.1) is 18.5 Å². The van der Waals surface area contributed by atoms with E-state index in [0.717, 1.165) is 18.7 Å². The fourth-order valence-corrected chi connectivity index (χ4v) is 1.54. The van der Waals surface area contributed by atoms with Crippen LogP contribution in [0, 0.1) is 0 Å². The van der Waals surface area contributed by atoms with E-state index in [-0.39, 0.29) is 11.9 Å². The molecule has 5 heteroatoms. The number of carbonyl (C=O) groups excluding carboxylic acids is 1. The van der Waals surface area contributed by atoms with Crippen molar-refractivity contribution in [2.45, 2.75) is 33.2 Å². The van der Waals surface area contributed by atoms with E-state index in [1.807, 2.05) is 19.9 Å². The van der Waals surface area contributed by atoms with E-state index < -0.39 is 0 Å². The molecule has 1 aromatic heterocycles. The van der Waals surface area contributed by atoms with E-state index in [2.05, 4.69) is 22.5 Å². The largest absolute Gasteiger partial charge is 0.384 e. The fourth-order valence-electron chi connectivity index (χ4n) is 1.54. The van der Waals surface area contributed by atoms with Gasteiger partial charge < -0.3 is 15.4 Å². The maximum absolute atomic E-state index is 11.9. The third-order valence-electron chi connectivity index (χ3n) is 2.52. The molecule has 0 aromatic carbocycles. The highest BCUT2D eigenvalue weighted by atomic mass is 16.5. The molecule has 19 heavy (non-hydrogen) atoms. The topological polar surface area (TPSA) is 63.2 Å². The van der Waals surface area contributed by atoms with Gasteiger partial charge >= 0.3 is 0 Å². The van der Waals surface area contributed by atoms with Crippen LogP contribution < -0.4 is 10.6 Å². The summed E-state index contributed by atoms with van der Waals surface area (Å²) in [5.41, 5.74) is 1.35. The average molecular weight is 265 g/mol. The summed E-state index contributed by atoms with van der Waals surface area (Å²) < 4.78 is 5.25. The molecule has 0 saturated carbocycles. The molecule has 0 aliphatic heterocycles. The number of amides is 1. The Labute approximate surface area is 114 Å². The summed E-state index contributed by atoms with van der Waals surface area (Å²) in [6.45, 7) is 8.00. The second kappa shape index (κ2) is 8.48. The van der Waals surface area contributed by atoms with Crippen LogP contribution in [0.15, 0.2) is 18.3 Å². The van der Waals surface area contributed by atoms with Gasteiger partial charge in [-0.25, -0.2) is 4.98 Å². The Balaban J connectivity index is 2.48. The van der Waals surface area contributed by atoms with Crippen LogP contribution in [0.4, 0.5) is 5.69 Å². The lowest BCUT2D eigenvalue weighted by molar-refractivity contribution is 0.0867. The molecule has 1 heterocycles. The van der Waals surface area contributed by atoms with Gasteiger partial charge in [0.15, 0.2) is 0 Å². The number of rotatable bonds is 8. The molecule has 0 aliphatic carbocycles. The van der Waals surface area contributed by atoms with Crippen LogP contribution in [0.25, 0.3) is 0 Å². The number of ether oxygens (including phenoxy) is 1. The van der Waals surface area contributed by atoms with Gasteiger partial charge in [0, 0.05) is 19.2 Å². The summed E-state index contributed by atoms with van der Waals surface area (Å²) in [5.74, 6) is -0.172. The van der Waals surface area contributed by atoms with Gasteiger partial charge in [-0.1, -0.05) is 6.92 Å². The van der Waals surface area contributed by atoms with Crippen molar-refractivity contribution in [2.75, 3.05) is 25.1 Å². The van der Waals surface area contributed by atoms with Gasteiger partial charge in [-0.15, -0.1) is 0 Å². The van der Waals surface area contributed by atoms with E-state index in [0.29, 0.717) is 18.9 Å². The van der Waals surface area contributed by atoms with E-state index in [9.17, 15) is 4.79 Å². The van der Waals surface area contributed by atoms with Crippen molar-refractivity contribution < 1.29 is 9.53 Å². The van der Waals surface area contributed by atoms with E-state index in [4.69, 9.17) is 4.74 Å². The first-order chi connectivity index (χ1) is 9.17. The molecule has 1 amide bonds. The van der Waals surface area contributed by atoms with Crippen molar-refractivity contribution in [2.24, 2.45) is 0 Å². The Hall–Kier alpha value is -1.62. The summed E-state index contributed by atoms with van der Waals surface area (Å²) in [6.07, 6.45) is 2.73. The molecule has 5 nitrogen and oxygen atoms in total. The minimum Gasteiger partial charge on any atom is -0.384 e. The predicted octanol–water partition coefficient (Wildman–Crippen LogP) is 2.06. The van der Waals surface area contributed by atoms with Crippen molar-refractivity contribution >= 4 is 11.6 Å². The van der Waals surface area contributed by atoms with Crippen LogP contribution in [-0.2, 0) is 4.74 Å². The standard InChI is InChI=1S/C14H23N3O2/c1-4-8-15-12-6-7-13(16-9-12)14(18)17-11(3)10-19-5-2/h6-7,9,11,15H,4-5,8,10H2,1-3H3,(H,17,18). The van der Waals surface area contributed by atoms with Gasteiger partial charge in [-0.2, -0.15) is 0 Å².